The van der Waals surface area contributed by atoms with Crippen molar-refractivity contribution in [3.63, 3.8) is 0 Å². The Morgan fingerprint density at radius 1 is 1.22 bits per heavy atom. The summed E-state index contributed by atoms with van der Waals surface area (Å²) in [7, 11) is 3.92. The monoisotopic (exact) mass is 516 g/mol. The number of rotatable bonds is 7. The number of likely N-dealkylation sites (N-methyl/N-ethyl adjacent to an activating group) is 1. The van der Waals surface area contributed by atoms with Gasteiger partial charge in [-0.05, 0) is 39.1 Å². The number of thiazole rings is 1. The minimum atomic E-state index is -0.236. The molecule has 1 aliphatic heterocycles. The molecule has 0 radical (unpaired) electrons. The van der Waals surface area contributed by atoms with Gasteiger partial charge >= 0.3 is 0 Å². The van der Waals surface area contributed by atoms with Gasteiger partial charge in [0.1, 0.15) is 22.9 Å². The van der Waals surface area contributed by atoms with Crippen LogP contribution in [0.2, 0.25) is 0 Å². The van der Waals surface area contributed by atoms with Crippen molar-refractivity contribution in [2.24, 2.45) is 0 Å². The van der Waals surface area contributed by atoms with Gasteiger partial charge in [0.15, 0.2) is 5.13 Å². The molecule has 1 aromatic carbocycles. The quantitative estimate of drug-likeness (QED) is 0.361. The topological polar surface area (TPSA) is 122 Å². The smallest absolute Gasteiger partial charge is 0.257 e. The van der Waals surface area contributed by atoms with Gasteiger partial charge in [0.05, 0.1) is 6.04 Å². The number of nitrogens with zero attached hydrogens (tertiary/aromatic N) is 6. The normalized spacial score (nSPS) is 15.8. The maximum absolute atomic E-state index is 13.0. The summed E-state index contributed by atoms with van der Waals surface area (Å²) in [6.07, 6.45) is 10.3. The van der Waals surface area contributed by atoms with Gasteiger partial charge in [-0.1, -0.05) is 18.2 Å². The number of carbonyl (C=O) groups is 2. The number of hydrogen-bond donors (Lipinski definition) is 2. The van der Waals surface area contributed by atoms with Crippen molar-refractivity contribution in [2.75, 3.05) is 38.2 Å². The number of amides is 2. The number of aromatic nitrogens is 4. The highest BCUT2D eigenvalue weighted by molar-refractivity contribution is 7.13. The molecule has 0 saturated carbocycles. The zero-order valence-corrected chi connectivity index (χ0v) is 21.5. The molecule has 0 bridgehead atoms. The van der Waals surface area contributed by atoms with E-state index in [1.165, 1.54) is 11.3 Å². The van der Waals surface area contributed by atoms with Crippen LogP contribution in [0.4, 0.5) is 10.9 Å². The molecule has 1 fully saturated rings. The number of nitrogen functional groups attached to an aromatic ring is 1. The number of fused-ring (bicyclic) bond motifs is 1. The van der Waals surface area contributed by atoms with Crippen LogP contribution in [-0.2, 0) is 4.79 Å². The third-order valence-electron chi connectivity index (χ3n) is 6.25. The van der Waals surface area contributed by atoms with Crippen molar-refractivity contribution < 1.29 is 9.59 Å². The zero-order chi connectivity index (χ0) is 25.9. The van der Waals surface area contributed by atoms with Crippen molar-refractivity contribution in [1.29, 1.82) is 0 Å². The summed E-state index contributed by atoms with van der Waals surface area (Å²) < 4.78 is 1.93. The van der Waals surface area contributed by atoms with Gasteiger partial charge in [0.2, 0.25) is 5.91 Å². The molecule has 11 heteroatoms. The summed E-state index contributed by atoms with van der Waals surface area (Å²) in [6.45, 7) is 1.37. The van der Waals surface area contributed by atoms with E-state index < -0.39 is 0 Å². The Bertz CT molecular complexity index is 1440. The third kappa shape index (κ3) is 5.09. The first-order chi connectivity index (χ1) is 17.9. The predicted octanol–water partition coefficient (Wildman–Crippen LogP) is 3.47. The Morgan fingerprint density at radius 3 is 2.76 bits per heavy atom. The largest absolute Gasteiger partial charge is 0.382 e. The van der Waals surface area contributed by atoms with Crippen LogP contribution >= 0.6 is 11.3 Å². The first-order valence-electron chi connectivity index (χ1n) is 12.0. The fourth-order valence-electron chi connectivity index (χ4n) is 4.52. The number of carbonyl (C=O) groups excluding carboxylic acids is 2. The second-order valence-electron chi connectivity index (χ2n) is 9.07. The summed E-state index contributed by atoms with van der Waals surface area (Å²) in [5, 5.41) is 5.14. The molecule has 3 aromatic heterocycles. The van der Waals surface area contributed by atoms with E-state index in [4.69, 9.17) is 10.7 Å². The van der Waals surface area contributed by atoms with Gasteiger partial charge in [0.25, 0.3) is 5.91 Å². The summed E-state index contributed by atoms with van der Waals surface area (Å²) in [5.74, 6) is 0.834. The number of imidazole rings is 1. The van der Waals surface area contributed by atoms with Crippen molar-refractivity contribution in [2.45, 2.75) is 18.9 Å². The van der Waals surface area contributed by atoms with Gasteiger partial charge in [-0.25, -0.2) is 15.0 Å². The maximum atomic E-state index is 13.0. The summed E-state index contributed by atoms with van der Waals surface area (Å²) >= 11 is 1.36. The Kier molecular flexibility index (Phi) is 6.97. The van der Waals surface area contributed by atoms with E-state index in [-0.39, 0.29) is 17.9 Å². The fraction of sp³-hybridized carbons (Fsp3) is 0.269. The van der Waals surface area contributed by atoms with Crippen LogP contribution in [0.3, 0.4) is 0 Å². The maximum Gasteiger partial charge on any atom is 0.257 e. The Balaban J connectivity index is 1.46. The molecule has 1 saturated heterocycles. The Morgan fingerprint density at radius 2 is 2.03 bits per heavy atom. The lowest BCUT2D eigenvalue weighted by Gasteiger charge is -2.22. The predicted molar refractivity (Wildman–Crippen MR) is 144 cm³/mol. The molecule has 4 aromatic rings. The lowest BCUT2D eigenvalue weighted by molar-refractivity contribution is -0.127. The zero-order valence-electron chi connectivity index (χ0n) is 20.7. The molecule has 10 nitrogen and oxygen atoms in total. The second-order valence-corrected chi connectivity index (χ2v) is 9.97. The second kappa shape index (κ2) is 10.5. The van der Waals surface area contributed by atoms with Gasteiger partial charge in [-0.3, -0.25) is 19.3 Å². The van der Waals surface area contributed by atoms with Crippen molar-refractivity contribution in [3.05, 3.63) is 71.8 Å². The Labute approximate surface area is 218 Å². The molecular formula is C26H28N8O2S. The highest BCUT2D eigenvalue weighted by Crippen LogP contribution is 2.36. The van der Waals surface area contributed by atoms with Crippen LogP contribution in [0.25, 0.3) is 16.8 Å². The Hall–Kier alpha value is -4.09. The molecular weight excluding hydrogens is 488 g/mol. The van der Waals surface area contributed by atoms with Crippen LogP contribution in [0.5, 0.6) is 0 Å². The molecule has 0 spiro atoms. The molecule has 0 aliphatic carbocycles. The average Bonchev–Trinajstić information content (AvgIpc) is 3.64. The number of anilines is 2. The number of likely N-dealkylation sites (tertiary alicyclic amines) is 1. The summed E-state index contributed by atoms with van der Waals surface area (Å²) in [6, 6.07) is 7.00. The molecule has 1 unspecified atom stereocenters. The van der Waals surface area contributed by atoms with Gasteiger partial charge in [-0.2, -0.15) is 0 Å². The van der Waals surface area contributed by atoms with Crippen LogP contribution in [0.15, 0.2) is 60.4 Å². The summed E-state index contributed by atoms with van der Waals surface area (Å²) in [4.78, 5) is 42.8. The highest BCUT2D eigenvalue weighted by atomic mass is 32.1. The van der Waals surface area contributed by atoms with E-state index in [1.807, 2.05) is 52.7 Å². The lowest BCUT2D eigenvalue weighted by Crippen LogP contribution is -2.30. The van der Waals surface area contributed by atoms with Crippen LogP contribution in [-0.4, -0.2) is 68.2 Å². The standard InChI is InChI=1S/C26H28N8O2S/c1-32(2)13-4-6-20(35)33-14-3-5-19(33)24-30-21(22-23(27)28-11-15-34(22)24)17-7-9-18(10-8-17)25(36)31-26-29-12-16-37-26/h4,6-12,15-16,19H,3,5,13-14H2,1-2H3,(H2,27,28)(H,29,31,36). The molecule has 190 valence electrons. The minimum Gasteiger partial charge on any atom is -0.382 e. The van der Waals surface area contributed by atoms with Crippen LogP contribution in [0.1, 0.15) is 35.1 Å². The van der Waals surface area contributed by atoms with E-state index in [0.717, 1.165) is 24.2 Å². The number of nitrogens with one attached hydrogen (secondary N) is 1. The number of hydrogen-bond acceptors (Lipinski definition) is 8. The van der Waals surface area contributed by atoms with Crippen molar-refractivity contribution in [1.82, 2.24) is 29.2 Å². The molecule has 1 atom stereocenters. The summed E-state index contributed by atoms with van der Waals surface area (Å²) in [5.41, 5.74) is 8.96. The lowest BCUT2D eigenvalue weighted by atomic mass is 10.1. The van der Waals surface area contributed by atoms with Gasteiger partial charge in [0, 0.05) is 54.3 Å². The minimum absolute atomic E-state index is 0.0275. The number of benzene rings is 1. The first kappa shape index (κ1) is 24.6. The average molecular weight is 517 g/mol. The molecule has 1 aliphatic rings. The number of nitrogens with two attached hydrogens (primary N) is 1. The fourth-order valence-corrected chi connectivity index (χ4v) is 5.04. The highest BCUT2D eigenvalue weighted by Gasteiger charge is 2.33. The molecule has 4 heterocycles. The SMILES string of the molecule is CN(C)CC=CC(=O)N1CCCC1c1nc(-c2ccc(C(=O)Nc3nccs3)cc2)c2c(N)nccn12. The van der Waals surface area contributed by atoms with E-state index in [1.54, 1.807) is 36.0 Å². The van der Waals surface area contributed by atoms with Crippen LogP contribution in [0, 0.1) is 0 Å². The van der Waals surface area contributed by atoms with Crippen LogP contribution < -0.4 is 11.1 Å². The van der Waals surface area contributed by atoms with Crippen molar-refractivity contribution >= 4 is 39.6 Å². The van der Waals surface area contributed by atoms with E-state index in [0.29, 0.717) is 40.8 Å². The molecule has 37 heavy (non-hydrogen) atoms. The molecule has 3 N–H and O–H groups in total. The van der Waals surface area contributed by atoms with Crippen molar-refractivity contribution in [3.8, 4) is 11.3 Å². The van der Waals surface area contributed by atoms with E-state index in [2.05, 4.69) is 15.3 Å². The van der Waals surface area contributed by atoms with E-state index in [9.17, 15) is 9.59 Å². The van der Waals surface area contributed by atoms with Gasteiger partial charge < -0.3 is 15.5 Å². The third-order valence-corrected chi connectivity index (χ3v) is 6.94. The molecule has 5 rings (SSSR count). The van der Waals surface area contributed by atoms with E-state index >= 15 is 0 Å². The molecule has 2 amide bonds. The van der Waals surface area contributed by atoms with Gasteiger partial charge in [-0.15, -0.1) is 11.3 Å². The first-order valence-corrected chi connectivity index (χ1v) is 12.9.